The van der Waals surface area contributed by atoms with E-state index in [1.54, 1.807) is 24.3 Å². The maximum Gasteiger partial charge on any atom is 0.328 e. The summed E-state index contributed by atoms with van der Waals surface area (Å²) in [5.41, 5.74) is 3.37. The molecule has 0 atom stereocenters. The number of carboxylic acids is 1. The van der Waals surface area contributed by atoms with Gasteiger partial charge in [0.15, 0.2) is 0 Å². The fraction of sp³-hybridized carbons (Fsp3) is 0.160. The van der Waals surface area contributed by atoms with Crippen molar-refractivity contribution >= 4 is 12.0 Å². The lowest BCUT2D eigenvalue weighted by Gasteiger charge is -2.05. The van der Waals surface area contributed by atoms with Gasteiger partial charge < -0.3 is 14.9 Å². The summed E-state index contributed by atoms with van der Waals surface area (Å²) in [6, 6.07) is 28.0. The molecule has 0 fully saturated rings. The first-order chi connectivity index (χ1) is 14.2. The van der Waals surface area contributed by atoms with Crippen LogP contribution in [0.4, 0.5) is 0 Å². The quantitative estimate of drug-likeness (QED) is 0.405. The van der Waals surface area contributed by atoms with Gasteiger partial charge in [-0.05, 0) is 47.7 Å². The van der Waals surface area contributed by atoms with Gasteiger partial charge in [0.25, 0.3) is 0 Å². The van der Waals surface area contributed by atoms with Crippen LogP contribution >= 0.6 is 0 Å². The normalized spacial score (nSPS) is 10.2. The van der Waals surface area contributed by atoms with Crippen molar-refractivity contribution in [2.45, 2.75) is 12.8 Å². The van der Waals surface area contributed by atoms with Crippen molar-refractivity contribution in [2.24, 2.45) is 0 Å². The SMILES string of the molecule is O=C(O)C=Cc1ccc(OCCCCO)cc1.c1ccc(-c2ccccc2)cc1. The Labute approximate surface area is 171 Å². The van der Waals surface area contributed by atoms with Crippen molar-refractivity contribution < 1.29 is 19.7 Å². The molecule has 0 bridgehead atoms. The van der Waals surface area contributed by atoms with E-state index in [0.717, 1.165) is 30.2 Å². The summed E-state index contributed by atoms with van der Waals surface area (Å²) in [4.78, 5) is 10.3. The minimum atomic E-state index is -0.964. The van der Waals surface area contributed by atoms with Crippen molar-refractivity contribution in [1.82, 2.24) is 0 Å². The maximum absolute atomic E-state index is 10.3. The van der Waals surface area contributed by atoms with E-state index >= 15 is 0 Å². The van der Waals surface area contributed by atoms with Crippen LogP contribution in [0.2, 0.25) is 0 Å². The Hall–Kier alpha value is -3.37. The second-order valence-corrected chi connectivity index (χ2v) is 6.25. The molecule has 0 saturated heterocycles. The number of benzene rings is 3. The van der Waals surface area contributed by atoms with E-state index in [9.17, 15) is 4.79 Å². The molecule has 3 aromatic rings. The van der Waals surface area contributed by atoms with E-state index in [4.69, 9.17) is 14.9 Å². The van der Waals surface area contributed by atoms with Crippen LogP contribution in [0.1, 0.15) is 18.4 Å². The third kappa shape index (κ3) is 8.91. The summed E-state index contributed by atoms with van der Waals surface area (Å²) in [7, 11) is 0. The molecule has 3 aromatic carbocycles. The molecule has 0 unspecified atom stereocenters. The van der Waals surface area contributed by atoms with Gasteiger partial charge in [0, 0.05) is 12.7 Å². The number of rotatable bonds is 8. The van der Waals surface area contributed by atoms with Gasteiger partial charge in [-0.2, -0.15) is 0 Å². The van der Waals surface area contributed by atoms with Crippen LogP contribution in [0, 0.1) is 0 Å². The van der Waals surface area contributed by atoms with E-state index in [0.29, 0.717) is 6.61 Å². The number of hydrogen-bond donors (Lipinski definition) is 2. The molecule has 0 spiro atoms. The molecule has 150 valence electrons. The second kappa shape index (κ2) is 12.9. The number of carbonyl (C=O) groups is 1. The molecule has 3 rings (SSSR count). The Morgan fingerprint density at radius 2 is 1.34 bits per heavy atom. The highest BCUT2D eigenvalue weighted by Crippen LogP contribution is 2.17. The van der Waals surface area contributed by atoms with Gasteiger partial charge in [-0.15, -0.1) is 0 Å². The smallest absolute Gasteiger partial charge is 0.328 e. The number of aliphatic carboxylic acids is 1. The molecule has 29 heavy (non-hydrogen) atoms. The van der Waals surface area contributed by atoms with E-state index in [1.165, 1.54) is 17.2 Å². The highest BCUT2D eigenvalue weighted by Gasteiger charge is 1.95. The Morgan fingerprint density at radius 1 is 0.793 bits per heavy atom. The first kappa shape index (κ1) is 21.9. The topological polar surface area (TPSA) is 66.8 Å². The Bertz CT molecular complexity index is 819. The van der Waals surface area contributed by atoms with Crippen LogP contribution in [-0.4, -0.2) is 29.4 Å². The van der Waals surface area contributed by atoms with Gasteiger partial charge in [0.2, 0.25) is 0 Å². The average molecular weight is 390 g/mol. The Balaban J connectivity index is 0.000000218. The third-order valence-electron chi connectivity index (χ3n) is 4.00. The zero-order valence-corrected chi connectivity index (χ0v) is 16.3. The largest absolute Gasteiger partial charge is 0.494 e. The van der Waals surface area contributed by atoms with Gasteiger partial charge in [0.1, 0.15) is 5.75 Å². The van der Waals surface area contributed by atoms with Gasteiger partial charge >= 0.3 is 5.97 Å². The molecule has 0 radical (unpaired) electrons. The third-order valence-corrected chi connectivity index (χ3v) is 4.00. The second-order valence-electron chi connectivity index (χ2n) is 6.25. The molecule has 0 aromatic heterocycles. The summed E-state index contributed by atoms with van der Waals surface area (Å²) >= 11 is 0. The molecule has 4 nitrogen and oxygen atoms in total. The molecular formula is C25H26O4. The van der Waals surface area contributed by atoms with Gasteiger partial charge in [-0.1, -0.05) is 72.8 Å². The predicted molar refractivity (Wildman–Crippen MR) is 117 cm³/mol. The molecule has 0 aliphatic rings. The van der Waals surface area contributed by atoms with E-state index < -0.39 is 5.97 Å². The lowest BCUT2D eigenvalue weighted by Crippen LogP contribution is -1.98. The number of aliphatic hydroxyl groups excluding tert-OH is 1. The fourth-order valence-electron chi connectivity index (χ4n) is 2.51. The maximum atomic E-state index is 10.3. The van der Waals surface area contributed by atoms with Crippen LogP contribution in [-0.2, 0) is 4.79 Å². The van der Waals surface area contributed by atoms with Crippen LogP contribution in [0.3, 0.4) is 0 Å². The zero-order valence-electron chi connectivity index (χ0n) is 16.3. The summed E-state index contributed by atoms with van der Waals surface area (Å²) < 4.78 is 5.44. The van der Waals surface area contributed by atoms with E-state index in [1.807, 2.05) is 12.1 Å². The number of carboxylic acid groups (broad SMARTS) is 1. The van der Waals surface area contributed by atoms with Crippen LogP contribution in [0.25, 0.3) is 17.2 Å². The molecule has 0 aliphatic carbocycles. The highest BCUT2D eigenvalue weighted by molar-refractivity contribution is 5.85. The first-order valence-electron chi connectivity index (χ1n) is 9.54. The van der Waals surface area contributed by atoms with Crippen LogP contribution in [0.5, 0.6) is 5.75 Å². The van der Waals surface area contributed by atoms with Crippen molar-refractivity contribution in [3.8, 4) is 16.9 Å². The molecule has 0 aliphatic heterocycles. The molecule has 0 heterocycles. The van der Waals surface area contributed by atoms with Crippen molar-refractivity contribution in [1.29, 1.82) is 0 Å². The van der Waals surface area contributed by atoms with Gasteiger partial charge in [0.05, 0.1) is 6.61 Å². The molecule has 4 heteroatoms. The summed E-state index contributed by atoms with van der Waals surface area (Å²) in [6.07, 6.45) is 4.17. The summed E-state index contributed by atoms with van der Waals surface area (Å²) in [5.74, 6) is -0.218. The van der Waals surface area contributed by atoms with Crippen molar-refractivity contribution in [2.75, 3.05) is 13.2 Å². The zero-order chi connectivity index (χ0) is 20.7. The van der Waals surface area contributed by atoms with E-state index in [2.05, 4.69) is 48.5 Å². The molecule has 2 N–H and O–H groups in total. The minimum Gasteiger partial charge on any atom is -0.494 e. The fourth-order valence-corrected chi connectivity index (χ4v) is 2.51. The monoisotopic (exact) mass is 390 g/mol. The highest BCUT2D eigenvalue weighted by atomic mass is 16.5. The van der Waals surface area contributed by atoms with Crippen LogP contribution < -0.4 is 4.74 Å². The van der Waals surface area contributed by atoms with Crippen LogP contribution in [0.15, 0.2) is 91.0 Å². The summed E-state index contributed by atoms with van der Waals surface area (Å²) in [6.45, 7) is 0.757. The molecule has 0 saturated carbocycles. The average Bonchev–Trinajstić information content (AvgIpc) is 2.78. The van der Waals surface area contributed by atoms with Crippen molar-refractivity contribution in [3.63, 3.8) is 0 Å². The number of ether oxygens (including phenoxy) is 1. The summed E-state index contributed by atoms with van der Waals surface area (Å²) in [5, 5.41) is 17.1. The number of aliphatic hydroxyl groups is 1. The van der Waals surface area contributed by atoms with E-state index in [-0.39, 0.29) is 6.61 Å². The van der Waals surface area contributed by atoms with Gasteiger partial charge in [-0.3, -0.25) is 0 Å². The Morgan fingerprint density at radius 3 is 1.83 bits per heavy atom. The van der Waals surface area contributed by atoms with Crippen molar-refractivity contribution in [3.05, 3.63) is 96.6 Å². The van der Waals surface area contributed by atoms with Gasteiger partial charge in [-0.25, -0.2) is 4.79 Å². The standard InChI is InChI=1S/C13H16O4.C12H10/c14-9-1-2-10-17-12-6-3-11(4-7-12)5-8-13(15)16;1-3-7-11(8-4-1)12-9-5-2-6-10-12/h3-8,14H,1-2,9-10H2,(H,15,16);1-10H. The lowest BCUT2D eigenvalue weighted by molar-refractivity contribution is -0.131. The lowest BCUT2D eigenvalue weighted by atomic mass is 10.1. The Kier molecular flexibility index (Phi) is 9.77. The molecular weight excluding hydrogens is 364 g/mol. The first-order valence-corrected chi connectivity index (χ1v) is 9.54. The number of unbranched alkanes of at least 4 members (excludes halogenated alkanes) is 1. The molecule has 0 amide bonds. The number of hydrogen-bond acceptors (Lipinski definition) is 3. The predicted octanol–water partition coefficient (Wildman–Crippen LogP) is 5.29. The minimum absolute atomic E-state index is 0.183.